The molecule has 11 nitrogen and oxygen atoms in total. The van der Waals surface area contributed by atoms with E-state index in [-0.39, 0.29) is 28.4 Å². The minimum absolute atomic E-state index is 0.0421. The van der Waals surface area contributed by atoms with Crippen molar-refractivity contribution in [1.82, 2.24) is 0 Å². The van der Waals surface area contributed by atoms with E-state index in [1.807, 2.05) is 0 Å². The number of rotatable bonds is 7. The van der Waals surface area contributed by atoms with Gasteiger partial charge in [-0.25, -0.2) is 9.59 Å². The highest BCUT2D eigenvalue weighted by atomic mass is 16.6. The molecule has 0 saturated carbocycles. The molecule has 0 saturated heterocycles. The van der Waals surface area contributed by atoms with E-state index in [1.54, 1.807) is 54.6 Å². The molecule has 1 aliphatic rings. The predicted molar refractivity (Wildman–Crippen MR) is 139 cm³/mol. The number of nitro benzene ring substituents is 1. The van der Waals surface area contributed by atoms with Gasteiger partial charge < -0.3 is 19.9 Å². The van der Waals surface area contributed by atoms with Crippen LogP contribution < -0.4 is 15.4 Å². The third-order valence-electron chi connectivity index (χ3n) is 5.99. The Morgan fingerprint density at radius 3 is 2.00 bits per heavy atom. The van der Waals surface area contributed by atoms with Crippen LogP contribution >= 0.6 is 0 Å². The van der Waals surface area contributed by atoms with Crippen molar-refractivity contribution < 1.29 is 28.7 Å². The maximum Gasteiger partial charge on any atom is 0.355 e. The van der Waals surface area contributed by atoms with Crippen LogP contribution in [0.5, 0.6) is 11.5 Å². The Bertz CT molecular complexity index is 1520. The average Bonchev–Trinajstić information content (AvgIpc) is 2.97. The Kier molecular flexibility index (Phi) is 7.58. The van der Waals surface area contributed by atoms with Crippen LogP contribution in [0.1, 0.15) is 11.5 Å². The summed E-state index contributed by atoms with van der Waals surface area (Å²) < 4.78 is 15.8. The van der Waals surface area contributed by atoms with Crippen molar-refractivity contribution in [2.75, 3.05) is 19.1 Å². The molecule has 1 atom stereocenters. The normalized spacial score (nSPS) is 14.9. The summed E-state index contributed by atoms with van der Waals surface area (Å²) in [7, 11) is 2.34. The summed E-state index contributed by atoms with van der Waals surface area (Å²) >= 11 is 0. The van der Waals surface area contributed by atoms with Crippen LogP contribution in [0.15, 0.2) is 102 Å². The molecule has 2 N–H and O–H groups in total. The van der Waals surface area contributed by atoms with Crippen molar-refractivity contribution in [3.05, 3.63) is 117 Å². The smallest absolute Gasteiger partial charge is 0.355 e. The molecule has 39 heavy (non-hydrogen) atoms. The van der Waals surface area contributed by atoms with Crippen molar-refractivity contribution >= 4 is 23.3 Å². The summed E-state index contributed by atoms with van der Waals surface area (Å²) in [5.41, 5.74) is 7.05. The van der Waals surface area contributed by atoms with Crippen LogP contribution in [-0.2, 0) is 19.1 Å². The number of anilines is 1. The number of carbonyl (C=O) groups is 2. The van der Waals surface area contributed by atoms with E-state index >= 15 is 0 Å². The van der Waals surface area contributed by atoms with E-state index in [4.69, 9.17) is 19.9 Å². The highest BCUT2D eigenvalue weighted by molar-refractivity contribution is 6.06. The number of non-ortho nitro benzene ring substituents is 1. The van der Waals surface area contributed by atoms with Gasteiger partial charge in [0, 0.05) is 17.8 Å². The highest BCUT2D eigenvalue weighted by Crippen LogP contribution is 2.43. The van der Waals surface area contributed by atoms with E-state index in [0.717, 1.165) is 0 Å². The number of carbonyl (C=O) groups excluding carboxylic acids is 2. The Morgan fingerprint density at radius 1 is 0.923 bits per heavy atom. The maximum absolute atomic E-state index is 13.1. The first kappa shape index (κ1) is 26.4. The lowest BCUT2D eigenvalue weighted by molar-refractivity contribution is -0.384. The molecule has 1 unspecified atom stereocenters. The van der Waals surface area contributed by atoms with Gasteiger partial charge in [0.1, 0.15) is 23.0 Å². The van der Waals surface area contributed by atoms with E-state index in [9.17, 15) is 25.0 Å². The molecule has 11 heteroatoms. The van der Waals surface area contributed by atoms with Gasteiger partial charge in [0.15, 0.2) is 0 Å². The maximum atomic E-state index is 13.1. The second kappa shape index (κ2) is 11.2. The molecule has 0 amide bonds. The van der Waals surface area contributed by atoms with Crippen LogP contribution in [0, 0.1) is 21.4 Å². The van der Waals surface area contributed by atoms with Gasteiger partial charge in [-0.15, -0.1) is 0 Å². The van der Waals surface area contributed by atoms with E-state index in [2.05, 4.69) is 6.07 Å². The topological polar surface area (TPSA) is 158 Å². The van der Waals surface area contributed by atoms with Crippen LogP contribution in [0.3, 0.4) is 0 Å². The number of esters is 2. The Morgan fingerprint density at radius 2 is 1.49 bits per heavy atom. The fourth-order valence-electron chi connectivity index (χ4n) is 4.22. The number of nitrogens with zero attached hydrogens (tertiary/aromatic N) is 3. The second-order valence-electron chi connectivity index (χ2n) is 8.18. The molecule has 0 radical (unpaired) electrons. The van der Waals surface area contributed by atoms with Gasteiger partial charge in [0.25, 0.3) is 5.69 Å². The predicted octanol–water partition coefficient (Wildman–Crippen LogP) is 4.28. The summed E-state index contributed by atoms with van der Waals surface area (Å²) in [5, 5.41) is 21.0. The first-order valence-corrected chi connectivity index (χ1v) is 11.5. The molecule has 0 bridgehead atoms. The zero-order chi connectivity index (χ0) is 28.1. The molecule has 1 aliphatic heterocycles. The first-order chi connectivity index (χ1) is 18.8. The number of methoxy groups -OCH3 is 2. The molecule has 3 aromatic rings. The third-order valence-corrected chi connectivity index (χ3v) is 5.99. The van der Waals surface area contributed by atoms with Crippen LogP contribution in [0.2, 0.25) is 0 Å². The molecule has 1 heterocycles. The zero-order valence-corrected chi connectivity index (χ0v) is 20.9. The van der Waals surface area contributed by atoms with Crippen molar-refractivity contribution in [2.24, 2.45) is 5.73 Å². The summed E-state index contributed by atoms with van der Waals surface area (Å²) in [6, 6.07) is 22.6. The number of hydrogen-bond acceptors (Lipinski definition) is 10. The number of ether oxygens (including phenoxy) is 3. The largest absolute Gasteiger partial charge is 0.466 e. The fraction of sp³-hybridized carbons (Fsp3) is 0.107. The minimum atomic E-state index is -0.973. The molecule has 4 rings (SSSR count). The molecule has 196 valence electrons. The van der Waals surface area contributed by atoms with E-state index in [0.29, 0.717) is 22.7 Å². The lowest BCUT2D eigenvalue weighted by atomic mass is 9.81. The number of benzene rings is 3. The Balaban J connectivity index is 1.81. The quantitative estimate of drug-likeness (QED) is 0.267. The molecular weight excluding hydrogens is 504 g/mol. The van der Waals surface area contributed by atoms with Crippen LogP contribution in [-0.4, -0.2) is 31.1 Å². The number of nitro groups is 1. The lowest BCUT2D eigenvalue weighted by Gasteiger charge is -2.35. The monoisotopic (exact) mass is 526 g/mol. The molecule has 0 aromatic heterocycles. The van der Waals surface area contributed by atoms with Crippen molar-refractivity contribution in [1.29, 1.82) is 5.26 Å². The minimum Gasteiger partial charge on any atom is -0.466 e. The first-order valence-electron chi connectivity index (χ1n) is 11.5. The van der Waals surface area contributed by atoms with Gasteiger partial charge in [-0.1, -0.05) is 30.3 Å². The lowest BCUT2D eigenvalue weighted by Crippen LogP contribution is -2.40. The van der Waals surface area contributed by atoms with Crippen molar-refractivity contribution in [2.45, 2.75) is 5.92 Å². The number of nitriles is 1. The van der Waals surface area contributed by atoms with Gasteiger partial charge in [-0.05, 0) is 42.0 Å². The third kappa shape index (κ3) is 5.12. The zero-order valence-electron chi connectivity index (χ0n) is 20.9. The summed E-state index contributed by atoms with van der Waals surface area (Å²) in [6.07, 6.45) is 0. The Hall–Kier alpha value is -5.63. The summed E-state index contributed by atoms with van der Waals surface area (Å²) in [5.74, 6) is -1.98. The fourth-order valence-corrected chi connectivity index (χ4v) is 4.22. The van der Waals surface area contributed by atoms with Gasteiger partial charge in [-0.3, -0.25) is 15.0 Å². The summed E-state index contributed by atoms with van der Waals surface area (Å²) in [6.45, 7) is 0. The summed E-state index contributed by atoms with van der Waals surface area (Å²) in [4.78, 5) is 37.8. The number of nitrogens with two attached hydrogens (primary N) is 1. The van der Waals surface area contributed by atoms with Gasteiger partial charge >= 0.3 is 11.9 Å². The SMILES string of the molecule is COC(=O)C1=C(C(=O)OC)N(c2ccc(Oc3ccc([N+](=O)[O-])cc3)cc2)C(N)=C(C#N)C1c1ccccc1. The van der Waals surface area contributed by atoms with Crippen LogP contribution in [0.25, 0.3) is 0 Å². The highest BCUT2D eigenvalue weighted by Gasteiger charge is 2.42. The van der Waals surface area contributed by atoms with Crippen molar-refractivity contribution in [3.8, 4) is 17.6 Å². The molecule has 0 spiro atoms. The van der Waals surface area contributed by atoms with E-state index < -0.39 is 22.8 Å². The standard InChI is InChI=1S/C28H22N4O7/c1-37-27(33)24-23(17-6-4-3-5-7-17)22(16-29)26(30)31(25(24)28(34)38-2)18-8-12-20(13-9-18)39-21-14-10-19(11-15-21)32(35)36/h3-15,23H,30H2,1-2H3. The Labute approximate surface area is 223 Å². The van der Waals surface area contributed by atoms with Gasteiger partial charge in [-0.2, -0.15) is 5.26 Å². The molecule has 3 aromatic carbocycles. The molecule has 0 fully saturated rings. The second-order valence-corrected chi connectivity index (χ2v) is 8.18. The number of allylic oxidation sites excluding steroid dienone is 1. The average molecular weight is 527 g/mol. The molecular formula is C28H22N4O7. The number of hydrogen-bond donors (Lipinski definition) is 1. The van der Waals surface area contributed by atoms with Gasteiger partial charge in [0.05, 0.1) is 42.3 Å². The molecule has 0 aliphatic carbocycles. The van der Waals surface area contributed by atoms with Crippen LogP contribution in [0.4, 0.5) is 11.4 Å². The van der Waals surface area contributed by atoms with E-state index in [1.165, 1.54) is 43.4 Å². The van der Waals surface area contributed by atoms with Crippen molar-refractivity contribution in [3.63, 3.8) is 0 Å². The van der Waals surface area contributed by atoms with Gasteiger partial charge in [0.2, 0.25) is 0 Å².